The first kappa shape index (κ1) is 20.4. The van der Waals surface area contributed by atoms with E-state index < -0.39 is 5.82 Å². The summed E-state index contributed by atoms with van der Waals surface area (Å²) in [5.41, 5.74) is 0.725. The first-order valence-electron chi connectivity index (χ1n) is 8.72. The summed E-state index contributed by atoms with van der Waals surface area (Å²) in [5.74, 6) is -0.472. The monoisotopic (exact) mass is 419 g/mol. The van der Waals surface area contributed by atoms with Crippen LogP contribution in [0.2, 0.25) is 5.02 Å². The van der Waals surface area contributed by atoms with E-state index >= 15 is 0 Å². The van der Waals surface area contributed by atoms with Gasteiger partial charge >= 0.3 is 0 Å². The second-order valence-electron chi connectivity index (χ2n) is 6.71. The van der Waals surface area contributed by atoms with Crippen molar-refractivity contribution in [3.8, 4) is 0 Å². The van der Waals surface area contributed by atoms with Gasteiger partial charge in [0, 0.05) is 17.3 Å². The Morgan fingerprint density at radius 3 is 2.79 bits per heavy atom. The minimum absolute atomic E-state index is 0.0418. The molecule has 8 heteroatoms. The predicted octanol–water partition coefficient (Wildman–Crippen LogP) is 4.58. The van der Waals surface area contributed by atoms with Gasteiger partial charge in [0.2, 0.25) is 5.91 Å². The van der Waals surface area contributed by atoms with Gasteiger partial charge in [-0.05, 0) is 42.3 Å². The van der Waals surface area contributed by atoms with Crippen LogP contribution in [0.5, 0.6) is 0 Å². The number of thioether (sulfide) groups is 1. The number of fused-ring (bicyclic) bond motifs is 1. The number of rotatable bonds is 6. The number of halogens is 2. The Balaban J connectivity index is 1.85. The number of benzene rings is 2. The smallest absolute Gasteiger partial charge is 0.262 e. The van der Waals surface area contributed by atoms with Crippen molar-refractivity contribution in [1.29, 1.82) is 0 Å². The van der Waals surface area contributed by atoms with Crippen LogP contribution in [0.4, 0.5) is 10.1 Å². The van der Waals surface area contributed by atoms with Crippen molar-refractivity contribution in [2.24, 2.45) is 5.92 Å². The number of aromatic nitrogens is 2. The van der Waals surface area contributed by atoms with E-state index in [0.717, 1.165) is 0 Å². The number of nitrogens with one attached hydrogen (secondary N) is 1. The highest BCUT2D eigenvalue weighted by Gasteiger charge is 2.15. The molecule has 1 N–H and O–H groups in total. The van der Waals surface area contributed by atoms with E-state index in [1.54, 1.807) is 28.8 Å². The molecule has 1 amide bonds. The molecular formula is C20H19ClFN3O2S. The molecule has 3 aromatic rings. The lowest BCUT2D eigenvalue weighted by atomic mass is 10.2. The van der Waals surface area contributed by atoms with Gasteiger partial charge in [-0.2, -0.15) is 0 Å². The van der Waals surface area contributed by atoms with Gasteiger partial charge in [-0.25, -0.2) is 9.37 Å². The van der Waals surface area contributed by atoms with Crippen molar-refractivity contribution < 1.29 is 9.18 Å². The summed E-state index contributed by atoms with van der Waals surface area (Å²) in [4.78, 5) is 29.7. The van der Waals surface area contributed by atoms with Crippen LogP contribution in [0, 0.1) is 11.7 Å². The molecule has 3 rings (SSSR count). The highest BCUT2D eigenvalue weighted by atomic mass is 35.5. The van der Waals surface area contributed by atoms with Crippen molar-refractivity contribution >= 4 is 45.9 Å². The zero-order chi connectivity index (χ0) is 20.3. The number of hydrogen-bond acceptors (Lipinski definition) is 4. The molecule has 0 radical (unpaired) electrons. The SMILES string of the molecule is CC(C)Cn1c(SCC(=O)Nc2cccc(F)c2)nc2ccc(Cl)cc2c1=O. The average Bonchev–Trinajstić information content (AvgIpc) is 2.63. The van der Waals surface area contributed by atoms with Gasteiger partial charge in [-0.3, -0.25) is 14.2 Å². The highest BCUT2D eigenvalue weighted by Crippen LogP contribution is 2.21. The summed E-state index contributed by atoms with van der Waals surface area (Å²) < 4.78 is 14.8. The van der Waals surface area contributed by atoms with Crippen LogP contribution >= 0.6 is 23.4 Å². The molecule has 0 spiro atoms. The Hall–Kier alpha value is -2.38. The molecule has 146 valence electrons. The summed E-state index contributed by atoms with van der Waals surface area (Å²) >= 11 is 7.19. The number of hydrogen-bond donors (Lipinski definition) is 1. The minimum Gasteiger partial charge on any atom is -0.325 e. The second kappa shape index (κ2) is 8.75. The first-order valence-corrected chi connectivity index (χ1v) is 10.1. The lowest BCUT2D eigenvalue weighted by Gasteiger charge is -2.15. The Bertz CT molecular complexity index is 1080. The van der Waals surface area contributed by atoms with Crippen LogP contribution in [-0.4, -0.2) is 21.2 Å². The maximum atomic E-state index is 13.2. The molecule has 0 aliphatic carbocycles. The average molecular weight is 420 g/mol. The molecule has 0 aliphatic heterocycles. The summed E-state index contributed by atoms with van der Waals surface area (Å²) in [5, 5.41) is 4.02. The lowest BCUT2D eigenvalue weighted by molar-refractivity contribution is -0.113. The standard InChI is InChI=1S/C20H19ClFN3O2S/c1-12(2)10-25-19(27)16-8-13(21)6-7-17(16)24-20(25)28-11-18(26)23-15-5-3-4-14(22)9-15/h3-9,12H,10-11H2,1-2H3,(H,23,26). The molecule has 0 saturated carbocycles. The van der Waals surface area contributed by atoms with Crippen LogP contribution < -0.4 is 10.9 Å². The maximum Gasteiger partial charge on any atom is 0.262 e. The summed E-state index contributed by atoms with van der Waals surface area (Å²) in [6.45, 7) is 4.47. The largest absolute Gasteiger partial charge is 0.325 e. The molecule has 0 fully saturated rings. The van der Waals surface area contributed by atoms with Crippen molar-refractivity contribution in [2.45, 2.75) is 25.5 Å². The van der Waals surface area contributed by atoms with Gasteiger partial charge in [0.1, 0.15) is 5.82 Å². The van der Waals surface area contributed by atoms with Gasteiger partial charge < -0.3 is 5.32 Å². The maximum absolute atomic E-state index is 13.2. The van der Waals surface area contributed by atoms with E-state index in [1.165, 1.54) is 30.0 Å². The molecule has 0 atom stereocenters. The van der Waals surface area contributed by atoms with E-state index in [-0.39, 0.29) is 23.1 Å². The second-order valence-corrected chi connectivity index (χ2v) is 8.09. The zero-order valence-corrected chi connectivity index (χ0v) is 17.0. The van der Waals surface area contributed by atoms with Gasteiger partial charge in [0.25, 0.3) is 5.56 Å². The predicted molar refractivity (Wildman–Crippen MR) is 112 cm³/mol. The Labute approximate surface area is 170 Å². The van der Waals surface area contributed by atoms with Gasteiger partial charge in [-0.15, -0.1) is 0 Å². The fourth-order valence-corrected chi connectivity index (χ4v) is 3.68. The van der Waals surface area contributed by atoms with Crippen LogP contribution in [0.3, 0.4) is 0 Å². The van der Waals surface area contributed by atoms with Crippen molar-refractivity contribution in [3.05, 3.63) is 63.7 Å². The van der Waals surface area contributed by atoms with E-state index in [4.69, 9.17) is 11.6 Å². The molecule has 0 unspecified atom stereocenters. The number of carbonyl (C=O) groups is 1. The van der Waals surface area contributed by atoms with Crippen molar-refractivity contribution in [3.63, 3.8) is 0 Å². The quantitative estimate of drug-likeness (QED) is 0.469. The normalized spacial score (nSPS) is 11.2. The topological polar surface area (TPSA) is 64.0 Å². The summed E-state index contributed by atoms with van der Waals surface area (Å²) in [7, 11) is 0. The fourth-order valence-electron chi connectivity index (χ4n) is 2.70. The van der Waals surface area contributed by atoms with Crippen LogP contribution in [0.25, 0.3) is 10.9 Å². The summed E-state index contributed by atoms with van der Waals surface area (Å²) in [6, 6.07) is 10.7. The van der Waals surface area contributed by atoms with Crippen LogP contribution in [0.1, 0.15) is 13.8 Å². The van der Waals surface area contributed by atoms with Gasteiger partial charge in [0.15, 0.2) is 5.16 Å². The van der Waals surface area contributed by atoms with Crippen LogP contribution in [0.15, 0.2) is 52.4 Å². The number of nitrogens with zero attached hydrogens (tertiary/aromatic N) is 2. The molecule has 0 aliphatic rings. The van der Waals surface area contributed by atoms with Gasteiger partial charge in [-0.1, -0.05) is 43.3 Å². The molecule has 5 nitrogen and oxygen atoms in total. The summed E-state index contributed by atoms with van der Waals surface area (Å²) in [6.07, 6.45) is 0. The Kier molecular flexibility index (Phi) is 6.36. The third-order valence-electron chi connectivity index (χ3n) is 3.87. The van der Waals surface area contributed by atoms with E-state index in [0.29, 0.717) is 33.3 Å². The third-order valence-corrected chi connectivity index (χ3v) is 5.08. The lowest BCUT2D eigenvalue weighted by Crippen LogP contribution is -2.26. The third kappa shape index (κ3) is 4.91. The molecule has 1 aromatic heterocycles. The number of anilines is 1. The van der Waals surface area contributed by atoms with E-state index in [9.17, 15) is 14.0 Å². The fraction of sp³-hybridized carbons (Fsp3) is 0.250. The van der Waals surface area contributed by atoms with Gasteiger partial charge in [0.05, 0.1) is 16.7 Å². The molecule has 1 heterocycles. The van der Waals surface area contributed by atoms with Crippen LogP contribution in [-0.2, 0) is 11.3 Å². The van der Waals surface area contributed by atoms with E-state index in [1.807, 2.05) is 13.8 Å². The Morgan fingerprint density at radius 1 is 1.29 bits per heavy atom. The molecule has 2 aromatic carbocycles. The van der Waals surface area contributed by atoms with E-state index in [2.05, 4.69) is 10.3 Å². The van der Waals surface area contributed by atoms with Crippen molar-refractivity contribution in [1.82, 2.24) is 9.55 Å². The number of amides is 1. The highest BCUT2D eigenvalue weighted by molar-refractivity contribution is 7.99. The van der Waals surface area contributed by atoms with Crippen molar-refractivity contribution in [2.75, 3.05) is 11.1 Å². The molecule has 0 bridgehead atoms. The first-order chi connectivity index (χ1) is 13.3. The molecule has 0 saturated heterocycles. The molecule has 28 heavy (non-hydrogen) atoms. The zero-order valence-electron chi connectivity index (χ0n) is 15.4. The molecular weight excluding hydrogens is 401 g/mol. The Morgan fingerprint density at radius 2 is 2.07 bits per heavy atom. The minimum atomic E-state index is -0.425. The number of carbonyl (C=O) groups excluding carboxylic acids is 1.